The van der Waals surface area contributed by atoms with Crippen molar-refractivity contribution in [3.63, 3.8) is 0 Å². The molecule has 0 aliphatic carbocycles. The third-order valence-corrected chi connectivity index (χ3v) is 5.93. The van der Waals surface area contributed by atoms with E-state index in [1.807, 2.05) is 42.7 Å². The number of ether oxygens (including phenoxy) is 4. The predicted molar refractivity (Wildman–Crippen MR) is 149 cm³/mol. The van der Waals surface area contributed by atoms with Gasteiger partial charge in [0.2, 0.25) is 5.88 Å². The summed E-state index contributed by atoms with van der Waals surface area (Å²) < 4.78 is 24.3. The lowest BCUT2D eigenvalue weighted by atomic mass is 10.1. The molecular weight excluding hydrogens is 510 g/mol. The van der Waals surface area contributed by atoms with Crippen molar-refractivity contribution in [3.8, 4) is 29.1 Å². The molecule has 4 aromatic rings. The molecule has 0 bridgehead atoms. The van der Waals surface area contributed by atoms with Crippen LogP contribution < -0.4 is 9.47 Å². The number of aryl methyl sites for hydroxylation is 1. The van der Waals surface area contributed by atoms with Crippen molar-refractivity contribution in [2.75, 3.05) is 13.2 Å². The lowest BCUT2D eigenvalue weighted by Gasteiger charge is -2.14. The number of esters is 2. The third-order valence-electron chi connectivity index (χ3n) is 5.93. The molecule has 9 nitrogen and oxygen atoms in total. The van der Waals surface area contributed by atoms with Crippen LogP contribution in [0.25, 0.3) is 16.6 Å². The summed E-state index contributed by atoms with van der Waals surface area (Å²) in [5, 5.41) is 10.0. The van der Waals surface area contributed by atoms with Crippen LogP contribution >= 0.6 is 0 Å². The normalized spacial score (nSPS) is 10.8. The van der Waals surface area contributed by atoms with Gasteiger partial charge in [0, 0.05) is 22.5 Å². The quantitative estimate of drug-likeness (QED) is 0.222. The summed E-state index contributed by atoms with van der Waals surface area (Å²) in [6.45, 7) is 9.50. The second-order valence-electron chi connectivity index (χ2n) is 9.22. The largest absolute Gasteiger partial charge is 0.491 e. The van der Waals surface area contributed by atoms with E-state index in [-0.39, 0.29) is 42.7 Å². The highest BCUT2D eigenvalue weighted by molar-refractivity contribution is 6.07. The maximum Gasteiger partial charge on any atom is 0.340 e. The standard InChI is InChI=1S/C31H31N3O6/c1-6-37-28(35)17-27-29(31(36)38-7-2)25-16-24(40-30-21(18-32)9-8-20(5)33-30)14-15-26(25)34(27)22-10-12-23(13-11-22)39-19(3)4/h8-16,19H,6-7,17H2,1-5H3. The van der Waals surface area contributed by atoms with Crippen LogP contribution in [0.15, 0.2) is 54.6 Å². The van der Waals surface area contributed by atoms with Crippen LogP contribution in [0.4, 0.5) is 0 Å². The number of carbonyl (C=O) groups excluding carboxylic acids is 2. The molecule has 0 aliphatic heterocycles. The molecule has 0 unspecified atom stereocenters. The van der Waals surface area contributed by atoms with E-state index < -0.39 is 11.9 Å². The van der Waals surface area contributed by atoms with E-state index >= 15 is 0 Å². The van der Waals surface area contributed by atoms with Crippen LogP contribution in [-0.2, 0) is 20.7 Å². The molecule has 0 amide bonds. The number of benzene rings is 2. The first-order valence-electron chi connectivity index (χ1n) is 13.1. The maximum absolute atomic E-state index is 13.3. The molecular formula is C31H31N3O6. The van der Waals surface area contributed by atoms with Gasteiger partial charge in [-0.2, -0.15) is 5.26 Å². The predicted octanol–water partition coefficient (Wildman–Crippen LogP) is 6.07. The fourth-order valence-electron chi connectivity index (χ4n) is 4.38. The first-order chi connectivity index (χ1) is 19.2. The molecule has 0 aliphatic rings. The number of hydrogen-bond donors (Lipinski definition) is 0. The summed E-state index contributed by atoms with van der Waals surface area (Å²) in [5.41, 5.74) is 3.00. The summed E-state index contributed by atoms with van der Waals surface area (Å²) in [5.74, 6) is 0.173. The number of aromatic nitrogens is 2. The van der Waals surface area contributed by atoms with Gasteiger partial charge < -0.3 is 23.5 Å². The molecule has 2 aromatic heterocycles. The van der Waals surface area contributed by atoms with E-state index in [4.69, 9.17) is 18.9 Å². The fraction of sp³-hybridized carbons (Fsp3) is 0.290. The van der Waals surface area contributed by atoms with Gasteiger partial charge in [0.25, 0.3) is 0 Å². The fourth-order valence-corrected chi connectivity index (χ4v) is 4.38. The van der Waals surface area contributed by atoms with Gasteiger partial charge in [-0.25, -0.2) is 9.78 Å². The van der Waals surface area contributed by atoms with Gasteiger partial charge in [-0.1, -0.05) is 0 Å². The van der Waals surface area contributed by atoms with E-state index in [2.05, 4.69) is 11.1 Å². The minimum atomic E-state index is -0.575. The van der Waals surface area contributed by atoms with Crippen LogP contribution in [0.1, 0.15) is 55.0 Å². The van der Waals surface area contributed by atoms with E-state index in [9.17, 15) is 14.9 Å². The summed E-state index contributed by atoms with van der Waals surface area (Å²) in [6.07, 6.45) is -0.148. The first kappa shape index (κ1) is 28.2. The van der Waals surface area contributed by atoms with Crippen molar-refractivity contribution < 1.29 is 28.5 Å². The van der Waals surface area contributed by atoms with Crippen LogP contribution in [0, 0.1) is 18.3 Å². The summed E-state index contributed by atoms with van der Waals surface area (Å²) in [6, 6.07) is 18.1. The Balaban J connectivity index is 1.93. The number of nitrogens with zero attached hydrogens (tertiary/aromatic N) is 3. The zero-order valence-electron chi connectivity index (χ0n) is 23.2. The SMILES string of the molecule is CCOC(=O)Cc1c(C(=O)OCC)c2cc(Oc3nc(C)ccc3C#N)ccc2n1-c1ccc(OC(C)C)cc1. The van der Waals surface area contributed by atoms with E-state index in [0.29, 0.717) is 33.8 Å². The molecule has 0 spiro atoms. The van der Waals surface area contributed by atoms with Gasteiger partial charge in [0.15, 0.2) is 0 Å². The Kier molecular flexibility index (Phi) is 8.70. The smallest absolute Gasteiger partial charge is 0.340 e. The van der Waals surface area contributed by atoms with Gasteiger partial charge >= 0.3 is 11.9 Å². The minimum Gasteiger partial charge on any atom is -0.491 e. The molecule has 2 heterocycles. The lowest BCUT2D eigenvalue weighted by Crippen LogP contribution is -2.15. The average molecular weight is 542 g/mol. The highest BCUT2D eigenvalue weighted by atomic mass is 16.5. The Morgan fingerprint density at radius 2 is 1.68 bits per heavy atom. The van der Waals surface area contributed by atoms with Crippen LogP contribution in [0.3, 0.4) is 0 Å². The Hall–Kier alpha value is -4.84. The second-order valence-corrected chi connectivity index (χ2v) is 9.22. The summed E-state index contributed by atoms with van der Waals surface area (Å²) >= 11 is 0. The molecule has 0 N–H and O–H groups in total. The Morgan fingerprint density at radius 3 is 2.33 bits per heavy atom. The zero-order chi connectivity index (χ0) is 28.8. The number of nitriles is 1. The van der Waals surface area contributed by atoms with Gasteiger partial charge in [-0.05, 0) is 89.2 Å². The van der Waals surface area contributed by atoms with Crippen molar-refractivity contribution in [3.05, 3.63) is 77.1 Å². The number of fused-ring (bicyclic) bond motifs is 1. The van der Waals surface area contributed by atoms with Gasteiger partial charge in [-0.15, -0.1) is 0 Å². The highest BCUT2D eigenvalue weighted by Crippen LogP contribution is 2.35. The zero-order valence-corrected chi connectivity index (χ0v) is 23.2. The highest BCUT2D eigenvalue weighted by Gasteiger charge is 2.27. The van der Waals surface area contributed by atoms with Crippen LogP contribution in [0.2, 0.25) is 0 Å². The van der Waals surface area contributed by atoms with Gasteiger partial charge in [0.1, 0.15) is 23.1 Å². The Labute approximate surface area is 232 Å². The topological polar surface area (TPSA) is 113 Å². The van der Waals surface area contributed by atoms with Crippen molar-refractivity contribution in [1.29, 1.82) is 5.26 Å². The van der Waals surface area contributed by atoms with E-state index in [1.54, 1.807) is 51.1 Å². The monoisotopic (exact) mass is 541 g/mol. The average Bonchev–Trinajstić information content (AvgIpc) is 3.22. The Bertz CT molecular complexity index is 1580. The lowest BCUT2D eigenvalue weighted by molar-refractivity contribution is -0.142. The molecule has 0 radical (unpaired) electrons. The van der Waals surface area contributed by atoms with Crippen LogP contribution in [-0.4, -0.2) is 40.8 Å². The van der Waals surface area contributed by atoms with E-state index in [1.165, 1.54) is 0 Å². The van der Waals surface area contributed by atoms with Crippen molar-refractivity contribution in [1.82, 2.24) is 9.55 Å². The maximum atomic E-state index is 13.3. The second kappa shape index (κ2) is 12.3. The molecule has 9 heteroatoms. The molecule has 0 fully saturated rings. The molecule has 206 valence electrons. The number of hydrogen-bond acceptors (Lipinski definition) is 8. The van der Waals surface area contributed by atoms with Gasteiger partial charge in [0.05, 0.1) is 36.8 Å². The minimum absolute atomic E-state index is 0.0101. The number of rotatable bonds is 10. The summed E-state index contributed by atoms with van der Waals surface area (Å²) in [4.78, 5) is 30.4. The van der Waals surface area contributed by atoms with Crippen molar-refractivity contribution >= 4 is 22.8 Å². The molecule has 0 saturated carbocycles. The van der Waals surface area contributed by atoms with Crippen molar-refractivity contribution in [2.24, 2.45) is 0 Å². The Morgan fingerprint density at radius 1 is 0.975 bits per heavy atom. The molecule has 4 rings (SSSR count). The third kappa shape index (κ3) is 6.07. The van der Waals surface area contributed by atoms with Crippen LogP contribution in [0.5, 0.6) is 17.4 Å². The molecule has 40 heavy (non-hydrogen) atoms. The van der Waals surface area contributed by atoms with E-state index in [0.717, 1.165) is 5.69 Å². The number of pyridine rings is 1. The molecule has 2 aromatic carbocycles. The van der Waals surface area contributed by atoms with Crippen molar-refractivity contribution in [2.45, 2.75) is 47.1 Å². The molecule has 0 saturated heterocycles. The number of carbonyl (C=O) groups is 2. The first-order valence-corrected chi connectivity index (χ1v) is 13.1. The summed E-state index contributed by atoms with van der Waals surface area (Å²) in [7, 11) is 0. The molecule has 0 atom stereocenters. The van der Waals surface area contributed by atoms with Gasteiger partial charge in [-0.3, -0.25) is 4.79 Å².